The van der Waals surface area contributed by atoms with Crippen LogP contribution in [0.1, 0.15) is 30.4 Å². The normalized spacial score (nSPS) is 15.7. The minimum atomic E-state index is 0.941. The summed E-state index contributed by atoms with van der Waals surface area (Å²) in [5.74, 6) is 6.45. The standard InChI is InChI=1S/C13H14/c1-2-4-8-12-10-6-7-11-13(12)9-5-3-1/h6-7,10-11H,1-2,4,8-9H2. The Morgan fingerprint density at radius 2 is 1.77 bits per heavy atom. The van der Waals surface area contributed by atoms with Crippen LogP contribution < -0.4 is 0 Å². The molecular weight excluding hydrogens is 156 g/mol. The van der Waals surface area contributed by atoms with Gasteiger partial charge in [0.15, 0.2) is 0 Å². The highest BCUT2D eigenvalue weighted by atomic mass is 14.1. The Bertz CT molecular complexity index is 339. The fourth-order valence-corrected chi connectivity index (χ4v) is 1.75. The molecule has 0 saturated carbocycles. The molecular formula is C13H14. The molecule has 0 amide bonds. The van der Waals surface area contributed by atoms with E-state index in [2.05, 4.69) is 36.1 Å². The van der Waals surface area contributed by atoms with E-state index < -0.39 is 0 Å². The largest absolute Gasteiger partial charge is 0.103 e. The van der Waals surface area contributed by atoms with E-state index in [1.165, 1.54) is 30.4 Å². The first-order valence-corrected chi connectivity index (χ1v) is 4.99. The average Bonchev–Trinajstić information content (AvgIpc) is 2.28. The third kappa shape index (κ3) is 2.12. The third-order valence-electron chi connectivity index (χ3n) is 2.52. The summed E-state index contributed by atoms with van der Waals surface area (Å²) in [5, 5.41) is 0. The van der Waals surface area contributed by atoms with Crippen LogP contribution in [-0.4, -0.2) is 0 Å². The van der Waals surface area contributed by atoms with Crippen LogP contribution >= 0.6 is 0 Å². The Balaban J connectivity index is 2.28. The third-order valence-corrected chi connectivity index (χ3v) is 2.52. The predicted molar refractivity (Wildman–Crippen MR) is 55.5 cm³/mol. The van der Waals surface area contributed by atoms with Gasteiger partial charge in [0.2, 0.25) is 0 Å². The lowest BCUT2D eigenvalue weighted by atomic mass is 10.0. The van der Waals surface area contributed by atoms with Gasteiger partial charge in [-0.05, 0) is 30.4 Å². The van der Waals surface area contributed by atoms with Gasteiger partial charge in [0.05, 0.1) is 0 Å². The molecule has 1 aliphatic carbocycles. The molecule has 0 nitrogen and oxygen atoms in total. The van der Waals surface area contributed by atoms with Crippen LogP contribution in [-0.2, 0) is 12.8 Å². The summed E-state index contributed by atoms with van der Waals surface area (Å²) < 4.78 is 0. The van der Waals surface area contributed by atoms with Crippen molar-refractivity contribution in [1.29, 1.82) is 0 Å². The van der Waals surface area contributed by atoms with Crippen LogP contribution in [0, 0.1) is 11.8 Å². The molecule has 0 radical (unpaired) electrons. The van der Waals surface area contributed by atoms with Crippen LogP contribution in [0.25, 0.3) is 0 Å². The predicted octanol–water partition coefficient (Wildman–Crippen LogP) is 2.96. The summed E-state index contributed by atoms with van der Waals surface area (Å²) in [6.07, 6.45) is 5.77. The SMILES string of the molecule is C1#CCc2ccccc2CCCC1. The molecule has 1 aromatic rings. The molecule has 0 fully saturated rings. The fraction of sp³-hybridized carbons (Fsp3) is 0.385. The molecule has 1 aliphatic rings. The summed E-state index contributed by atoms with van der Waals surface area (Å²) in [6.45, 7) is 0. The van der Waals surface area contributed by atoms with E-state index in [-0.39, 0.29) is 0 Å². The first-order chi connectivity index (χ1) is 6.47. The maximum absolute atomic E-state index is 3.23. The summed E-state index contributed by atoms with van der Waals surface area (Å²) >= 11 is 0. The summed E-state index contributed by atoms with van der Waals surface area (Å²) in [4.78, 5) is 0. The lowest BCUT2D eigenvalue weighted by molar-refractivity contribution is 0.755. The molecule has 0 spiro atoms. The number of benzene rings is 1. The zero-order valence-electron chi connectivity index (χ0n) is 7.84. The summed E-state index contributed by atoms with van der Waals surface area (Å²) in [6, 6.07) is 8.68. The lowest BCUT2D eigenvalue weighted by Crippen LogP contribution is -1.92. The van der Waals surface area contributed by atoms with Crippen molar-refractivity contribution in [1.82, 2.24) is 0 Å². The van der Waals surface area contributed by atoms with Crippen molar-refractivity contribution < 1.29 is 0 Å². The van der Waals surface area contributed by atoms with E-state index in [0.717, 1.165) is 12.8 Å². The number of fused-ring (bicyclic) bond motifs is 1. The van der Waals surface area contributed by atoms with Gasteiger partial charge in [-0.15, -0.1) is 5.92 Å². The summed E-state index contributed by atoms with van der Waals surface area (Å²) in [5.41, 5.74) is 2.93. The quantitative estimate of drug-likeness (QED) is 0.525. The first kappa shape index (κ1) is 8.38. The second-order valence-corrected chi connectivity index (χ2v) is 3.51. The maximum Gasteiger partial charge on any atom is 0.0343 e. The van der Waals surface area contributed by atoms with Gasteiger partial charge in [-0.25, -0.2) is 0 Å². The minimum absolute atomic E-state index is 0.941. The lowest BCUT2D eigenvalue weighted by Gasteiger charge is -2.04. The smallest absolute Gasteiger partial charge is 0.0343 e. The van der Waals surface area contributed by atoms with E-state index in [0.29, 0.717) is 0 Å². The Kier molecular flexibility index (Phi) is 2.67. The molecule has 0 heterocycles. The Labute approximate surface area is 80.0 Å². The second kappa shape index (κ2) is 4.14. The van der Waals surface area contributed by atoms with Crippen LogP contribution in [0.3, 0.4) is 0 Å². The van der Waals surface area contributed by atoms with Crippen molar-refractivity contribution in [2.24, 2.45) is 0 Å². The van der Waals surface area contributed by atoms with Crippen LogP contribution in [0.5, 0.6) is 0 Å². The van der Waals surface area contributed by atoms with Crippen LogP contribution in [0.4, 0.5) is 0 Å². The topological polar surface area (TPSA) is 0 Å². The van der Waals surface area contributed by atoms with Crippen LogP contribution in [0.2, 0.25) is 0 Å². The van der Waals surface area contributed by atoms with Crippen molar-refractivity contribution in [2.45, 2.75) is 32.1 Å². The zero-order valence-corrected chi connectivity index (χ0v) is 7.84. The molecule has 0 atom stereocenters. The van der Waals surface area contributed by atoms with Crippen molar-refractivity contribution in [3.63, 3.8) is 0 Å². The highest BCUT2D eigenvalue weighted by molar-refractivity contribution is 5.31. The average molecular weight is 170 g/mol. The minimum Gasteiger partial charge on any atom is -0.103 e. The molecule has 0 heteroatoms. The van der Waals surface area contributed by atoms with Gasteiger partial charge in [-0.2, -0.15) is 0 Å². The van der Waals surface area contributed by atoms with E-state index in [1.807, 2.05) is 0 Å². The van der Waals surface area contributed by atoms with Crippen molar-refractivity contribution in [2.75, 3.05) is 0 Å². The molecule has 13 heavy (non-hydrogen) atoms. The molecule has 0 N–H and O–H groups in total. The molecule has 2 rings (SSSR count). The number of rotatable bonds is 0. The Morgan fingerprint density at radius 3 is 2.69 bits per heavy atom. The second-order valence-electron chi connectivity index (χ2n) is 3.51. The molecule has 0 aromatic heterocycles. The monoisotopic (exact) mass is 170 g/mol. The number of aryl methyl sites for hydroxylation is 1. The van der Waals surface area contributed by atoms with E-state index >= 15 is 0 Å². The van der Waals surface area contributed by atoms with Crippen LogP contribution in [0.15, 0.2) is 24.3 Å². The van der Waals surface area contributed by atoms with Gasteiger partial charge in [-0.3, -0.25) is 0 Å². The summed E-state index contributed by atoms with van der Waals surface area (Å²) in [7, 11) is 0. The van der Waals surface area contributed by atoms with Gasteiger partial charge in [0.1, 0.15) is 0 Å². The Hall–Kier alpha value is -1.22. The van der Waals surface area contributed by atoms with Gasteiger partial charge in [0, 0.05) is 12.8 Å². The van der Waals surface area contributed by atoms with Gasteiger partial charge < -0.3 is 0 Å². The number of hydrogen-bond donors (Lipinski definition) is 0. The van der Waals surface area contributed by atoms with Gasteiger partial charge >= 0.3 is 0 Å². The van der Waals surface area contributed by atoms with Gasteiger partial charge in [0.25, 0.3) is 0 Å². The van der Waals surface area contributed by atoms with Crippen molar-refractivity contribution in [3.8, 4) is 11.8 Å². The molecule has 0 aliphatic heterocycles. The zero-order chi connectivity index (χ0) is 8.93. The van der Waals surface area contributed by atoms with E-state index in [1.54, 1.807) is 0 Å². The maximum atomic E-state index is 3.23. The van der Waals surface area contributed by atoms with E-state index in [4.69, 9.17) is 0 Å². The number of hydrogen-bond acceptors (Lipinski definition) is 0. The first-order valence-electron chi connectivity index (χ1n) is 4.99. The highest BCUT2D eigenvalue weighted by Crippen LogP contribution is 2.14. The van der Waals surface area contributed by atoms with Crippen molar-refractivity contribution in [3.05, 3.63) is 35.4 Å². The molecule has 66 valence electrons. The fourth-order valence-electron chi connectivity index (χ4n) is 1.75. The van der Waals surface area contributed by atoms with Crippen molar-refractivity contribution >= 4 is 0 Å². The molecule has 1 aromatic carbocycles. The van der Waals surface area contributed by atoms with E-state index in [9.17, 15) is 0 Å². The Morgan fingerprint density at radius 1 is 0.923 bits per heavy atom. The molecule has 0 saturated heterocycles. The highest BCUT2D eigenvalue weighted by Gasteiger charge is 2.01. The molecule has 0 unspecified atom stereocenters. The molecule has 0 bridgehead atoms. The van der Waals surface area contributed by atoms with Gasteiger partial charge in [-0.1, -0.05) is 30.2 Å².